The van der Waals surface area contributed by atoms with Gasteiger partial charge in [-0.05, 0) is 54.2 Å². The first-order chi connectivity index (χ1) is 24.4. The molecule has 0 saturated heterocycles. The van der Waals surface area contributed by atoms with Crippen LogP contribution < -0.4 is 27.0 Å². The van der Waals surface area contributed by atoms with E-state index in [9.17, 15) is 34.2 Å². The fraction of sp³-hybridized carbons (Fsp3) is 0.342. The minimum atomic E-state index is -1.25. The Labute approximate surface area is 296 Å². The van der Waals surface area contributed by atoms with Crippen LogP contribution in [0.5, 0.6) is 5.75 Å². The Morgan fingerprint density at radius 2 is 1.31 bits per heavy atom. The number of aromatic nitrogens is 1. The number of nitrogens with two attached hydrogens (primary N) is 1. The number of hydrogen-bond acceptors (Lipinski definition) is 7. The number of carbonyl (C=O) groups is 5. The van der Waals surface area contributed by atoms with Crippen LogP contribution in [0.2, 0.25) is 0 Å². The van der Waals surface area contributed by atoms with E-state index in [1.54, 1.807) is 55.6 Å². The second-order valence-corrected chi connectivity index (χ2v) is 12.8. The summed E-state index contributed by atoms with van der Waals surface area (Å²) in [5, 5.41) is 31.2. The SMILES string of the molecule is CC[C@H](C)[C@H](NC(=O)[C@H](Cc1ccc(O)cc1)NC(=O)[C@H](C)NC(=O)[C@@H](N)Cc1c[nH]c2ccccc12)C(=O)N[C@@H](Cc1ccccc1)C(=O)O. The number of fused-ring (bicyclic) bond motifs is 1. The second kappa shape index (κ2) is 17.8. The fourth-order valence-electron chi connectivity index (χ4n) is 5.66. The van der Waals surface area contributed by atoms with Crippen LogP contribution in [0.15, 0.2) is 85.1 Å². The first-order valence-corrected chi connectivity index (χ1v) is 16.9. The molecule has 9 N–H and O–H groups in total. The standard InChI is InChI=1S/C38H46N6O7/c1-4-22(2)33(37(49)43-32(38(50)51)19-24-10-6-5-7-11-24)44-36(48)31(18-25-14-16-27(45)17-15-25)42-34(46)23(3)41-35(47)29(39)20-26-21-40-30-13-9-8-12-28(26)30/h5-17,21-23,29,31-33,40,45H,4,18-20,39H2,1-3H3,(H,41,47)(H,42,46)(H,43,49)(H,44,48)(H,50,51)/t22-,23-,29-,31-,32-,33-/m0/s1. The highest BCUT2D eigenvalue weighted by atomic mass is 16.4. The molecule has 13 heteroatoms. The van der Waals surface area contributed by atoms with Gasteiger partial charge in [-0.15, -0.1) is 0 Å². The lowest BCUT2D eigenvalue weighted by atomic mass is 9.96. The number of phenolic OH excluding ortho intramolecular Hbond substituents is 1. The molecule has 0 fully saturated rings. The van der Waals surface area contributed by atoms with Crippen LogP contribution in [0.3, 0.4) is 0 Å². The zero-order valence-corrected chi connectivity index (χ0v) is 28.9. The minimum Gasteiger partial charge on any atom is -0.508 e. The minimum absolute atomic E-state index is 0.0147. The fourth-order valence-corrected chi connectivity index (χ4v) is 5.66. The van der Waals surface area contributed by atoms with Crippen molar-refractivity contribution in [2.75, 3.05) is 0 Å². The van der Waals surface area contributed by atoms with Gasteiger partial charge in [0.25, 0.3) is 0 Å². The molecule has 1 heterocycles. The van der Waals surface area contributed by atoms with Gasteiger partial charge in [0.05, 0.1) is 6.04 Å². The van der Waals surface area contributed by atoms with Crippen molar-refractivity contribution >= 4 is 40.5 Å². The van der Waals surface area contributed by atoms with Crippen LogP contribution in [-0.4, -0.2) is 75.0 Å². The molecule has 4 aromatic rings. The van der Waals surface area contributed by atoms with E-state index in [0.29, 0.717) is 17.5 Å². The molecular weight excluding hydrogens is 652 g/mol. The Bertz CT molecular complexity index is 1810. The monoisotopic (exact) mass is 698 g/mol. The molecule has 13 nitrogen and oxygen atoms in total. The number of phenols is 1. The molecule has 3 aromatic carbocycles. The highest BCUT2D eigenvalue weighted by molar-refractivity contribution is 5.95. The highest BCUT2D eigenvalue weighted by Crippen LogP contribution is 2.19. The number of carboxylic acids is 1. The summed E-state index contributed by atoms with van der Waals surface area (Å²) in [6.07, 6.45) is 2.52. The summed E-state index contributed by atoms with van der Waals surface area (Å²) in [5.74, 6) is -4.21. The number of amides is 4. The van der Waals surface area contributed by atoms with E-state index in [1.807, 2.05) is 31.2 Å². The van der Waals surface area contributed by atoms with Crippen molar-refractivity contribution in [1.29, 1.82) is 0 Å². The van der Waals surface area contributed by atoms with E-state index in [1.165, 1.54) is 19.1 Å². The van der Waals surface area contributed by atoms with Crippen molar-refractivity contribution in [1.82, 2.24) is 26.3 Å². The van der Waals surface area contributed by atoms with Gasteiger partial charge in [0.2, 0.25) is 23.6 Å². The van der Waals surface area contributed by atoms with E-state index in [-0.39, 0.29) is 25.0 Å². The molecule has 0 aliphatic heterocycles. The molecule has 4 rings (SSSR count). The number of nitrogens with one attached hydrogen (secondary N) is 5. The number of para-hydroxylation sites is 1. The third kappa shape index (κ3) is 10.6. The number of aromatic amines is 1. The van der Waals surface area contributed by atoms with Crippen molar-refractivity contribution < 1.29 is 34.2 Å². The average molecular weight is 699 g/mol. The lowest BCUT2D eigenvalue weighted by Gasteiger charge is -2.28. The quantitative estimate of drug-likeness (QED) is 0.0817. The molecular formula is C38H46N6O7. The number of carboxylic acid groups (broad SMARTS) is 1. The molecule has 270 valence electrons. The average Bonchev–Trinajstić information content (AvgIpc) is 3.53. The Morgan fingerprint density at radius 3 is 1.98 bits per heavy atom. The molecule has 51 heavy (non-hydrogen) atoms. The van der Waals surface area contributed by atoms with Gasteiger partial charge in [-0.1, -0.05) is 80.9 Å². The molecule has 0 radical (unpaired) electrons. The molecule has 0 saturated carbocycles. The van der Waals surface area contributed by atoms with Crippen molar-refractivity contribution in [2.45, 2.75) is 76.7 Å². The van der Waals surface area contributed by atoms with Crippen LogP contribution >= 0.6 is 0 Å². The molecule has 1 aromatic heterocycles. The van der Waals surface area contributed by atoms with Crippen molar-refractivity contribution in [3.63, 3.8) is 0 Å². The van der Waals surface area contributed by atoms with Crippen molar-refractivity contribution in [3.8, 4) is 5.75 Å². The summed E-state index contributed by atoms with van der Waals surface area (Å²) >= 11 is 0. The highest BCUT2D eigenvalue weighted by Gasteiger charge is 2.33. The largest absolute Gasteiger partial charge is 0.508 e. The van der Waals surface area contributed by atoms with Crippen LogP contribution in [-0.2, 0) is 43.2 Å². The molecule has 6 atom stereocenters. The smallest absolute Gasteiger partial charge is 0.326 e. The van der Waals surface area contributed by atoms with E-state index in [2.05, 4.69) is 26.3 Å². The Morgan fingerprint density at radius 1 is 0.706 bits per heavy atom. The van der Waals surface area contributed by atoms with Gasteiger partial charge in [0.15, 0.2) is 0 Å². The molecule has 0 aliphatic carbocycles. The van der Waals surface area contributed by atoms with Gasteiger partial charge in [-0.25, -0.2) is 4.79 Å². The number of rotatable bonds is 17. The van der Waals surface area contributed by atoms with Gasteiger partial charge >= 0.3 is 5.97 Å². The first-order valence-electron chi connectivity index (χ1n) is 16.9. The summed E-state index contributed by atoms with van der Waals surface area (Å²) in [6, 6.07) is 16.9. The van der Waals surface area contributed by atoms with Gasteiger partial charge < -0.3 is 42.2 Å². The summed E-state index contributed by atoms with van der Waals surface area (Å²) in [7, 11) is 0. The first kappa shape index (κ1) is 38.1. The predicted molar refractivity (Wildman–Crippen MR) is 192 cm³/mol. The Balaban J connectivity index is 1.46. The normalized spacial score (nSPS) is 14.7. The molecule has 0 bridgehead atoms. The molecule has 0 spiro atoms. The second-order valence-electron chi connectivity index (χ2n) is 12.8. The van der Waals surface area contributed by atoms with E-state index in [0.717, 1.165) is 16.5 Å². The van der Waals surface area contributed by atoms with Crippen LogP contribution in [0.1, 0.15) is 43.9 Å². The molecule has 4 amide bonds. The molecule has 0 aliphatic rings. The third-order valence-corrected chi connectivity index (χ3v) is 8.90. The van der Waals surface area contributed by atoms with Gasteiger partial charge in [0, 0.05) is 29.9 Å². The van der Waals surface area contributed by atoms with Gasteiger partial charge in [-0.3, -0.25) is 19.2 Å². The Hall–Kier alpha value is -5.69. The third-order valence-electron chi connectivity index (χ3n) is 8.90. The van der Waals surface area contributed by atoms with E-state index < -0.39 is 65.7 Å². The van der Waals surface area contributed by atoms with E-state index >= 15 is 0 Å². The maximum absolute atomic E-state index is 13.9. The summed E-state index contributed by atoms with van der Waals surface area (Å²) in [4.78, 5) is 69.1. The number of aromatic hydroxyl groups is 1. The number of aliphatic carboxylic acids is 1. The van der Waals surface area contributed by atoms with Crippen LogP contribution in [0.25, 0.3) is 10.9 Å². The van der Waals surface area contributed by atoms with E-state index in [4.69, 9.17) is 5.73 Å². The maximum Gasteiger partial charge on any atom is 0.326 e. The lowest BCUT2D eigenvalue weighted by molar-refractivity contribution is -0.142. The van der Waals surface area contributed by atoms with Gasteiger partial charge in [-0.2, -0.15) is 0 Å². The summed E-state index contributed by atoms with van der Waals surface area (Å²) < 4.78 is 0. The summed E-state index contributed by atoms with van der Waals surface area (Å²) in [6.45, 7) is 5.05. The summed E-state index contributed by atoms with van der Waals surface area (Å²) in [5.41, 5.74) is 9.29. The Kier molecular flexibility index (Phi) is 13.3. The van der Waals surface area contributed by atoms with Crippen LogP contribution in [0, 0.1) is 5.92 Å². The zero-order valence-electron chi connectivity index (χ0n) is 28.9. The predicted octanol–water partition coefficient (Wildman–Crippen LogP) is 2.32. The zero-order chi connectivity index (χ0) is 37.1. The van der Waals surface area contributed by atoms with Crippen molar-refractivity contribution in [2.24, 2.45) is 11.7 Å². The van der Waals surface area contributed by atoms with Crippen LogP contribution in [0.4, 0.5) is 0 Å². The number of H-pyrrole nitrogens is 1. The number of hydrogen-bond donors (Lipinski definition) is 8. The number of carbonyl (C=O) groups excluding carboxylic acids is 4. The maximum atomic E-state index is 13.9. The van der Waals surface area contributed by atoms with Gasteiger partial charge in [0.1, 0.15) is 29.9 Å². The molecule has 0 unspecified atom stereocenters. The number of benzene rings is 3. The topological polar surface area (TPSA) is 216 Å². The lowest BCUT2D eigenvalue weighted by Crippen LogP contribution is -2.59. The van der Waals surface area contributed by atoms with Crippen molar-refractivity contribution in [3.05, 3.63) is 102 Å².